The zero-order valence-electron chi connectivity index (χ0n) is 15.0. The maximum atomic E-state index is 12.6. The molecule has 0 radical (unpaired) electrons. The lowest BCUT2D eigenvalue weighted by atomic mass is 10.1. The van der Waals surface area contributed by atoms with Gasteiger partial charge in [-0.25, -0.2) is 0 Å². The van der Waals surface area contributed by atoms with E-state index < -0.39 is 0 Å². The van der Waals surface area contributed by atoms with E-state index >= 15 is 0 Å². The number of aromatic nitrogens is 1. The number of anilines is 1. The summed E-state index contributed by atoms with van der Waals surface area (Å²) in [6, 6.07) is 15.1. The van der Waals surface area contributed by atoms with E-state index in [-0.39, 0.29) is 24.0 Å². The molecule has 0 atom stereocenters. The fourth-order valence-corrected chi connectivity index (χ4v) is 2.50. The van der Waals surface area contributed by atoms with E-state index in [0.717, 1.165) is 0 Å². The lowest BCUT2D eigenvalue weighted by Gasteiger charge is -2.12. The third-order valence-corrected chi connectivity index (χ3v) is 3.97. The first-order chi connectivity index (χ1) is 12.9. The number of H-pyrrole nitrogens is 1. The van der Waals surface area contributed by atoms with Gasteiger partial charge in [-0.3, -0.25) is 14.4 Å². The van der Waals surface area contributed by atoms with E-state index in [1.54, 1.807) is 62.6 Å². The van der Waals surface area contributed by atoms with Crippen molar-refractivity contribution in [1.29, 1.82) is 0 Å². The second-order valence-electron chi connectivity index (χ2n) is 6.15. The number of hydrogen-bond donors (Lipinski definition) is 2. The average Bonchev–Trinajstić information content (AvgIpc) is 2.66. The molecule has 138 valence electrons. The number of nitrogens with one attached hydrogen (secondary N) is 2. The van der Waals surface area contributed by atoms with E-state index in [0.29, 0.717) is 27.9 Å². The van der Waals surface area contributed by atoms with Gasteiger partial charge in [-0.2, -0.15) is 0 Å². The number of carbonyl (C=O) groups excluding carboxylic acids is 2. The average molecular weight is 365 g/mol. The van der Waals surface area contributed by atoms with Crippen LogP contribution in [0, 0.1) is 0 Å². The summed E-state index contributed by atoms with van der Waals surface area (Å²) in [5, 5.41) is 3.43. The third kappa shape index (κ3) is 4.33. The number of aromatic amines is 1. The molecule has 27 heavy (non-hydrogen) atoms. The number of fused-ring (bicyclic) bond motifs is 1. The fraction of sp³-hybridized carbons (Fsp3) is 0.150. The molecule has 0 fully saturated rings. The number of para-hydroxylation sites is 1. The largest absolute Gasteiger partial charge is 0.484 e. The predicted octanol–water partition coefficient (Wildman–Crippen LogP) is 2.25. The van der Waals surface area contributed by atoms with Crippen molar-refractivity contribution in [3.05, 3.63) is 70.5 Å². The maximum Gasteiger partial charge on any atom is 0.259 e. The summed E-state index contributed by atoms with van der Waals surface area (Å²) in [6.45, 7) is -0.0580. The van der Waals surface area contributed by atoms with E-state index in [9.17, 15) is 14.4 Å². The van der Waals surface area contributed by atoms with Crippen molar-refractivity contribution in [2.24, 2.45) is 0 Å². The van der Waals surface area contributed by atoms with Crippen LogP contribution in [0.5, 0.6) is 5.75 Å². The molecule has 1 heterocycles. The van der Waals surface area contributed by atoms with E-state index in [1.807, 2.05) is 0 Å². The van der Waals surface area contributed by atoms with Crippen molar-refractivity contribution < 1.29 is 14.3 Å². The van der Waals surface area contributed by atoms with Crippen LogP contribution in [-0.4, -0.2) is 42.4 Å². The highest BCUT2D eigenvalue weighted by Crippen LogP contribution is 2.19. The van der Waals surface area contributed by atoms with Gasteiger partial charge in [0.15, 0.2) is 6.61 Å². The van der Waals surface area contributed by atoms with Crippen molar-refractivity contribution in [2.45, 2.75) is 0 Å². The molecule has 3 aromatic rings. The molecule has 3 rings (SSSR count). The van der Waals surface area contributed by atoms with Crippen LogP contribution in [-0.2, 0) is 4.79 Å². The Morgan fingerprint density at radius 3 is 2.48 bits per heavy atom. The lowest BCUT2D eigenvalue weighted by molar-refractivity contribution is -0.130. The molecule has 0 spiro atoms. The number of likely N-dealkylation sites (N-methyl/N-ethyl adjacent to an activating group) is 1. The summed E-state index contributed by atoms with van der Waals surface area (Å²) >= 11 is 0. The van der Waals surface area contributed by atoms with E-state index in [1.165, 1.54) is 11.0 Å². The number of benzene rings is 2. The number of pyridine rings is 1. The topological polar surface area (TPSA) is 91.5 Å². The highest BCUT2D eigenvalue weighted by molar-refractivity contribution is 6.12. The Hall–Kier alpha value is -3.61. The van der Waals surface area contributed by atoms with Gasteiger partial charge in [0.2, 0.25) is 5.56 Å². The summed E-state index contributed by atoms with van der Waals surface area (Å²) in [4.78, 5) is 40.1. The summed E-state index contributed by atoms with van der Waals surface area (Å²) < 4.78 is 5.40. The molecule has 2 aromatic carbocycles. The van der Waals surface area contributed by atoms with Crippen molar-refractivity contribution in [2.75, 3.05) is 26.0 Å². The van der Waals surface area contributed by atoms with Crippen LogP contribution in [0.3, 0.4) is 0 Å². The van der Waals surface area contributed by atoms with Crippen molar-refractivity contribution in [3.8, 4) is 5.75 Å². The standard InChI is InChI=1S/C20H19N3O4/c1-23(2)19(25)12-27-14-9-7-13(8-10-14)21-20(26)16-11-18(24)22-17-6-4-3-5-15(16)17/h3-11H,12H2,1-2H3,(H,21,26)(H,22,24). The zero-order chi connectivity index (χ0) is 19.4. The molecule has 0 aliphatic heterocycles. The van der Waals surface area contributed by atoms with Crippen molar-refractivity contribution in [1.82, 2.24) is 9.88 Å². The van der Waals surface area contributed by atoms with Crippen molar-refractivity contribution in [3.63, 3.8) is 0 Å². The summed E-state index contributed by atoms with van der Waals surface area (Å²) in [5.41, 5.74) is 1.11. The first kappa shape index (κ1) is 18.2. The van der Waals surface area contributed by atoms with Crippen LogP contribution in [0.2, 0.25) is 0 Å². The number of ether oxygens (including phenoxy) is 1. The number of nitrogens with zero attached hydrogens (tertiary/aromatic N) is 1. The Morgan fingerprint density at radius 2 is 1.78 bits per heavy atom. The monoisotopic (exact) mass is 365 g/mol. The molecule has 7 heteroatoms. The molecular formula is C20H19N3O4. The van der Waals surface area contributed by atoms with Gasteiger partial charge < -0.3 is 19.9 Å². The molecule has 0 saturated heterocycles. The van der Waals surface area contributed by atoms with Crippen molar-refractivity contribution >= 4 is 28.4 Å². The quantitative estimate of drug-likeness (QED) is 0.725. The molecule has 0 unspecified atom stereocenters. The van der Waals surface area contributed by atoms with Gasteiger partial charge in [0, 0.05) is 36.8 Å². The minimum atomic E-state index is -0.381. The van der Waals surface area contributed by atoms with Crippen LogP contribution in [0.25, 0.3) is 10.9 Å². The Labute approximate surface area is 155 Å². The second kappa shape index (κ2) is 7.74. The molecular weight excluding hydrogens is 346 g/mol. The van der Waals surface area contributed by atoms with E-state index in [4.69, 9.17) is 4.74 Å². The minimum absolute atomic E-state index is 0.0580. The van der Waals surface area contributed by atoms with Gasteiger partial charge in [0.05, 0.1) is 5.56 Å². The molecule has 0 aliphatic carbocycles. The fourth-order valence-electron chi connectivity index (χ4n) is 2.50. The SMILES string of the molecule is CN(C)C(=O)COc1ccc(NC(=O)c2cc(=O)[nH]c3ccccc23)cc1. The van der Waals surface area contributed by atoms with Crippen LogP contribution in [0.1, 0.15) is 10.4 Å². The lowest BCUT2D eigenvalue weighted by Crippen LogP contribution is -2.27. The molecule has 0 bridgehead atoms. The number of amides is 2. The Morgan fingerprint density at radius 1 is 1.07 bits per heavy atom. The Balaban J connectivity index is 1.73. The van der Waals surface area contributed by atoms with Gasteiger partial charge >= 0.3 is 0 Å². The molecule has 2 amide bonds. The number of hydrogen-bond acceptors (Lipinski definition) is 4. The van der Waals surface area contributed by atoms with E-state index in [2.05, 4.69) is 10.3 Å². The van der Waals surface area contributed by atoms with Gasteiger partial charge in [-0.15, -0.1) is 0 Å². The predicted molar refractivity (Wildman–Crippen MR) is 103 cm³/mol. The van der Waals surface area contributed by atoms with Gasteiger partial charge in [0.25, 0.3) is 11.8 Å². The molecule has 0 aliphatic rings. The van der Waals surface area contributed by atoms with Gasteiger partial charge in [-0.1, -0.05) is 18.2 Å². The Kier molecular flexibility index (Phi) is 5.21. The molecule has 2 N–H and O–H groups in total. The molecule has 1 aromatic heterocycles. The summed E-state index contributed by atoms with van der Waals surface area (Å²) in [6.07, 6.45) is 0. The van der Waals surface area contributed by atoms with Crippen LogP contribution < -0.4 is 15.6 Å². The minimum Gasteiger partial charge on any atom is -0.484 e. The zero-order valence-corrected chi connectivity index (χ0v) is 15.0. The van der Waals surface area contributed by atoms with Crippen LogP contribution >= 0.6 is 0 Å². The van der Waals surface area contributed by atoms with Gasteiger partial charge in [0.1, 0.15) is 5.75 Å². The smallest absolute Gasteiger partial charge is 0.259 e. The number of carbonyl (C=O) groups is 2. The summed E-state index contributed by atoms with van der Waals surface area (Å²) in [7, 11) is 3.31. The first-order valence-electron chi connectivity index (χ1n) is 8.30. The Bertz CT molecular complexity index is 1040. The van der Waals surface area contributed by atoms with Crippen LogP contribution in [0.4, 0.5) is 5.69 Å². The summed E-state index contributed by atoms with van der Waals surface area (Å²) in [5.74, 6) is -0.00730. The normalized spacial score (nSPS) is 10.4. The molecule has 7 nitrogen and oxygen atoms in total. The third-order valence-electron chi connectivity index (χ3n) is 3.97. The van der Waals surface area contributed by atoms with Crippen LogP contribution in [0.15, 0.2) is 59.4 Å². The highest BCUT2D eigenvalue weighted by atomic mass is 16.5. The first-order valence-corrected chi connectivity index (χ1v) is 8.30. The number of rotatable bonds is 5. The maximum absolute atomic E-state index is 12.6. The second-order valence-corrected chi connectivity index (χ2v) is 6.15. The van der Waals surface area contributed by atoms with Gasteiger partial charge in [-0.05, 0) is 30.3 Å². The highest BCUT2D eigenvalue weighted by Gasteiger charge is 2.12. The molecule has 0 saturated carbocycles.